The Balaban J connectivity index is 1.85. The number of morpholine rings is 1. The quantitative estimate of drug-likeness (QED) is 0.725. The normalized spacial score (nSPS) is 16.7. The van der Waals surface area contributed by atoms with E-state index >= 15 is 0 Å². The van der Waals surface area contributed by atoms with Crippen molar-refractivity contribution < 1.29 is 4.74 Å². The van der Waals surface area contributed by atoms with Gasteiger partial charge in [0.05, 0.1) is 25.1 Å². The average molecular weight is 224 g/mol. The van der Waals surface area contributed by atoms with Gasteiger partial charge in [-0.1, -0.05) is 6.92 Å². The number of nitrogens with zero attached hydrogens (tertiary/aromatic N) is 2. The highest BCUT2D eigenvalue weighted by Gasteiger charge is 2.13. The number of hydrogen-bond donors (Lipinski definition) is 2. The number of nitrogens with one attached hydrogen (secondary N) is 2. The SMILES string of the molecule is CCCNCc1cnc(N2CCOCC2)[nH]1. The zero-order valence-corrected chi connectivity index (χ0v) is 9.83. The number of ether oxygens (including phenoxy) is 1. The summed E-state index contributed by atoms with van der Waals surface area (Å²) < 4.78 is 5.31. The molecule has 1 fully saturated rings. The first-order chi connectivity index (χ1) is 7.90. The van der Waals surface area contributed by atoms with Crippen LogP contribution in [0.3, 0.4) is 0 Å². The number of imidazole rings is 1. The van der Waals surface area contributed by atoms with E-state index in [1.807, 2.05) is 6.20 Å². The van der Waals surface area contributed by atoms with Gasteiger partial charge in [-0.15, -0.1) is 0 Å². The van der Waals surface area contributed by atoms with Gasteiger partial charge < -0.3 is 19.9 Å². The van der Waals surface area contributed by atoms with E-state index < -0.39 is 0 Å². The van der Waals surface area contributed by atoms with Gasteiger partial charge in [0, 0.05) is 19.6 Å². The van der Waals surface area contributed by atoms with Crippen LogP contribution in [-0.2, 0) is 11.3 Å². The van der Waals surface area contributed by atoms with E-state index in [0.717, 1.165) is 57.5 Å². The van der Waals surface area contributed by atoms with E-state index in [4.69, 9.17) is 4.74 Å². The molecule has 1 saturated heterocycles. The fourth-order valence-electron chi connectivity index (χ4n) is 1.77. The number of aromatic nitrogens is 2. The van der Waals surface area contributed by atoms with E-state index in [0.29, 0.717) is 0 Å². The molecule has 0 amide bonds. The maximum absolute atomic E-state index is 5.31. The van der Waals surface area contributed by atoms with Gasteiger partial charge in [-0.2, -0.15) is 0 Å². The van der Waals surface area contributed by atoms with Crippen LogP contribution in [0.5, 0.6) is 0 Å². The third kappa shape index (κ3) is 2.96. The summed E-state index contributed by atoms with van der Waals surface area (Å²) in [7, 11) is 0. The van der Waals surface area contributed by atoms with Crippen molar-refractivity contribution in [2.24, 2.45) is 0 Å². The molecule has 0 saturated carbocycles. The summed E-state index contributed by atoms with van der Waals surface area (Å²) in [6.45, 7) is 7.52. The van der Waals surface area contributed by atoms with Gasteiger partial charge in [0.2, 0.25) is 5.95 Å². The molecule has 1 aromatic rings. The minimum absolute atomic E-state index is 0.796. The van der Waals surface area contributed by atoms with Gasteiger partial charge >= 0.3 is 0 Å². The van der Waals surface area contributed by atoms with Crippen molar-refractivity contribution in [1.29, 1.82) is 0 Å². The van der Waals surface area contributed by atoms with Gasteiger partial charge in [0.25, 0.3) is 0 Å². The maximum atomic E-state index is 5.31. The summed E-state index contributed by atoms with van der Waals surface area (Å²) in [4.78, 5) is 9.96. The minimum Gasteiger partial charge on any atom is -0.378 e. The number of H-pyrrole nitrogens is 1. The highest BCUT2D eigenvalue weighted by atomic mass is 16.5. The molecule has 0 unspecified atom stereocenters. The smallest absolute Gasteiger partial charge is 0.203 e. The van der Waals surface area contributed by atoms with E-state index in [1.54, 1.807) is 0 Å². The number of anilines is 1. The van der Waals surface area contributed by atoms with Gasteiger partial charge in [-0.3, -0.25) is 0 Å². The van der Waals surface area contributed by atoms with E-state index in [-0.39, 0.29) is 0 Å². The standard InChI is InChI=1S/C11H20N4O/c1-2-3-12-8-10-9-13-11(14-10)15-4-6-16-7-5-15/h9,12H,2-8H2,1H3,(H,13,14). The summed E-state index contributed by atoms with van der Waals surface area (Å²) >= 11 is 0. The van der Waals surface area contributed by atoms with Gasteiger partial charge in [0.15, 0.2) is 0 Å². The van der Waals surface area contributed by atoms with Crippen molar-refractivity contribution in [2.75, 3.05) is 37.7 Å². The van der Waals surface area contributed by atoms with Crippen molar-refractivity contribution in [2.45, 2.75) is 19.9 Å². The lowest BCUT2D eigenvalue weighted by Gasteiger charge is -2.26. The zero-order chi connectivity index (χ0) is 11.2. The fraction of sp³-hybridized carbons (Fsp3) is 0.727. The Hall–Kier alpha value is -1.07. The topological polar surface area (TPSA) is 53.2 Å². The molecule has 0 spiro atoms. The first-order valence-corrected chi connectivity index (χ1v) is 5.97. The highest BCUT2D eigenvalue weighted by Crippen LogP contribution is 2.10. The largest absolute Gasteiger partial charge is 0.378 e. The van der Waals surface area contributed by atoms with E-state index in [2.05, 4.69) is 27.1 Å². The van der Waals surface area contributed by atoms with Gasteiger partial charge in [-0.25, -0.2) is 4.98 Å². The Labute approximate surface area is 96.2 Å². The molecule has 2 N–H and O–H groups in total. The molecule has 16 heavy (non-hydrogen) atoms. The third-order valence-corrected chi connectivity index (χ3v) is 2.67. The second-order valence-electron chi connectivity index (χ2n) is 4.01. The Morgan fingerprint density at radius 1 is 1.50 bits per heavy atom. The molecular weight excluding hydrogens is 204 g/mol. The van der Waals surface area contributed by atoms with Crippen LogP contribution in [0.15, 0.2) is 6.20 Å². The second-order valence-corrected chi connectivity index (χ2v) is 4.01. The first kappa shape index (κ1) is 11.4. The molecule has 0 aromatic carbocycles. The van der Waals surface area contributed by atoms with E-state index in [9.17, 15) is 0 Å². The van der Waals surface area contributed by atoms with Crippen LogP contribution in [0.25, 0.3) is 0 Å². The summed E-state index contributed by atoms with van der Waals surface area (Å²) in [5, 5.41) is 3.35. The second kappa shape index (κ2) is 5.86. The molecule has 1 aliphatic rings. The zero-order valence-electron chi connectivity index (χ0n) is 9.83. The molecule has 0 aliphatic carbocycles. The Morgan fingerprint density at radius 3 is 3.06 bits per heavy atom. The Bertz CT molecular complexity index is 307. The lowest BCUT2D eigenvalue weighted by Crippen LogP contribution is -2.36. The van der Waals surface area contributed by atoms with Crippen LogP contribution in [0, 0.1) is 0 Å². The number of aromatic amines is 1. The third-order valence-electron chi connectivity index (χ3n) is 2.67. The average Bonchev–Trinajstić information content (AvgIpc) is 2.79. The Morgan fingerprint density at radius 2 is 2.31 bits per heavy atom. The summed E-state index contributed by atoms with van der Waals surface area (Å²) in [5.41, 5.74) is 1.15. The summed E-state index contributed by atoms with van der Waals surface area (Å²) in [6, 6.07) is 0. The van der Waals surface area contributed by atoms with Crippen LogP contribution in [-0.4, -0.2) is 42.8 Å². The van der Waals surface area contributed by atoms with Crippen molar-refractivity contribution in [3.63, 3.8) is 0 Å². The highest BCUT2D eigenvalue weighted by molar-refractivity contribution is 5.31. The molecule has 90 valence electrons. The monoisotopic (exact) mass is 224 g/mol. The number of rotatable bonds is 5. The molecule has 2 rings (SSSR count). The van der Waals surface area contributed by atoms with Gasteiger partial charge in [-0.05, 0) is 13.0 Å². The minimum atomic E-state index is 0.796. The van der Waals surface area contributed by atoms with Crippen LogP contribution in [0.4, 0.5) is 5.95 Å². The van der Waals surface area contributed by atoms with Gasteiger partial charge in [0.1, 0.15) is 0 Å². The first-order valence-electron chi connectivity index (χ1n) is 5.97. The Kier molecular flexibility index (Phi) is 4.18. The van der Waals surface area contributed by atoms with Crippen LogP contribution < -0.4 is 10.2 Å². The summed E-state index contributed by atoms with van der Waals surface area (Å²) in [5.74, 6) is 0.969. The molecule has 1 aromatic heterocycles. The molecule has 0 atom stereocenters. The summed E-state index contributed by atoms with van der Waals surface area (Å²) in [6.07, 6.45) is 3.07. The van der Waals surface area contributed by atoms with Crippen LogP contribution >= 0.6 is 0 Å². The number of hydrogen-bond acceptors (Lipinski definition) is 4. The molecule has 2 heterocycles. The predicted molar refractivity (Wildman–Crippen MR) is 63.6 cm³/mol. The predicted octanol–water partition coefficient (Wildman–Crippen LogP) is 0.746. The maximum Gasteiger partial charge on any atom is 0.203 e. The van der Waals surface area contributed by atoms with Crippen LogP contribution in [0.2, 0.25) is 0 Å². The molecule has 1 aliphatic heterocycles. The molecule has 0 bridgehead atoms. The van der Waals surface area contributed by atoms with E-state index in [1.165, 1.54) is 0 Å². The molecular formula is C11H20N4O. The van der Waals surface area contributed by atoms with Crippen molar-refractivity contribution in [3.8, 4) is 0 Å². The molecule has 0 radical (unpaired) electrons. The van der Waals surface area contributed by atoms with Crippen molar-refractivity contribution in [3.05, 3.63) is 11.9 Å². The fourth-order valence-corrected chi connectivity index (χ4v) is 1.77. The molecule has 5 heteroatoms. The van der Waals surface area contributed by atoms with Crippen molar-refractivity contribution in [1.82, 2.24) is 15.3 Å². The lowest BCUT2D eigenvalue weighted by atomic mass is 10.4. The van der Waals surface area contributed by atoms with Crippen molar-refractivity contribution >= 4 is 5.95 Å². The van der Waals surface area contributed by atoms with Crippen LogP contribution in [0.1, 0.15) is 19.0 Å². The lowest BCUT2D eigenvalue weighted by molar-refractivity contribution is 0.122. The molecule has 5 nitrogen and oxygen atoms in total.